The van der Waals surface area contributed by atoms with Gasteiger partial charge in [0.2, 0.25) is 5.95 Å². The number of thiocarbonyl (C=S) groups is 1. The van der Waals surface area contributed by atoms with Gasteiger partial charge in [0.1, 0.15) is 5.82 Å². The molecule has 1 saturated carbocycles. The number of aryl methyl sites for hydroxylation is 1. The largest absolute Gasteiger partial charge is 0.361 e. The molecule has 0 atom stereocenters. The van der Waals surface area contributed by atoms with E-state index < -0.39 is 0 Å². The first-order valence-electron chi connectivity index (χ1n) is 11.9. The SMILES string of the molecule is Cc1cc(N2CCc3ccccc3C2)nc(NC(=S)NCC2(c3ccccc3)CCCC2)n1. The molecule has 0 spiro atoms. The van der Waals surface area contributed by atoms with Crippen LogP contribution >= 0.6 is 12.2 Å². The third-order valence-corrected chi connectivity index (χ3v) is 7.30. The summed E-state index contributed by atoms with van der Waals surface area (Å²) in [7, 11) is 0. The lowest BCUT2D eigenvalue weighted by Crippen LogP contribution is -2.41. The van der Waals surface area contributed by atoms with Crippen LogP contribution in [-0.2, 0) is 18.4 Å². The number of rotatable bonds is 5. The van der Waals surface area contributed by atoms with Gasteiger partial charge >= 0.3 is 0 Å². The smallest absolute Gasteiger partial charge is 0.231 e. The van der Waals surface area contributed by atoms with Crippen LogP contribution < -0.4 is 15.5 Å². The molecule has 1 aliphatic carbocycles. The molecular formula is C27H31N5S. The highest BCUT2D eigenvalue weighted by Gasteiger charge is 2.35. The Balaban J connectivity index is 1.26. The Morgan fingerprint density at radius 2 is 1.73 bits per heavy atom. The molecule has 0 unspecified atom stereocenters. The second-order valence-electron chi connectivity index (χ2n) is 9.29. The standard InChI is InChI=1S/C27H31N5S/c1-20-17-24(32-16-13-21-9-5-6-10-22(21)18-32)30-25(29-20)31-26(33)28-19-27(14-7-8-15-27)23-11-3-2-4-12-23/h2-6,9-12,17H,7-8,13-16,18-19H2,1H3,(H2,28,29,30,31,33). The van der Waals surface area contributed by atoms with Crippen LogP contribution in [0.3, 0.4) is 0 Å². The van der Waals surface area contributed by atoms with Crippen molar-refractivity contribution in [2.45, 2.75) is 51.0 Å². The molecule has 0 saturated heterocycles. The second-order valence-corrected chi connectivity index (χ2v) is 9.70. The Kier molecular flexibility index (Phi) is 6.27. The molecule has 0 bridgehead atoms. The molecule has 2 aliphatic rings. The summed E-state index contributed by atoms with van der Waals surface area (Å²) in [6, 6.07) is 21.6. The van der Waals surface area contributed by atoms with E-state index in [-0.39, 0.29) is 5.41 Å². The lowest BCUT2D eigenvalue weighted by atomic mass is 9.79. The van der Waals surface area contributed by atoms with E-state index in [1.807, 2.05) is 6.92 Å². The maximum Gasteiger partial charge on any atom is 0.231 e. The fraction of sp³-hybridized carbons (Fsp3) is 0.370. The van der Waals surface area contributed by atoms with Crippen LogP contribution in [0.15, 0.2) is 60.7 Å². The lowest BCUT2D eigenvalue weighted by Gasteiger charge is -2.31. The average Bonchev–Trinajstić information content (AvgIpc) is 3.33. The van der Waals surface area contributed by atoms with E-state index in [2.05, 4.69) is 81.2 Å². The minimum absolute atomic E-state index is 0.146. The van der Waals surface area contributed by atoms with Gasteiger partial charge in [-0.3, -0.25) is 0 Å². The Hall–Kier alpha value is -2.99. The highest BCUT2D eigenvalue weighted by Crippen LogP contribution is 2.40. The number of nitrogens with zero attached hydrogens (tertiary/aromatic N) is 3. The van der Waals surface area contributed by atoms with Crippen molar-refractivity contribution in [2.24, 2.45) is 0 Å². The molecule has 6 heteroatoms. The molecule has 2 aromatic carbocycles. The zero-order chi connectivity index (χ0) is 22.7. The highest BCUT2D eigenvalue weighted by atomic mass is 32.1. The molecule has 2 heterocycles. The van der Waals surface area contributed by atoms with E-state index in [0.29, 0.717) is 11.1 Å². The van der Waals surface area contributed by atoms with Gasteiger partial charge in [0.25, 0.3) is 0 Å². The summed E-state index contributed by atoms with van der Waals surface area (Å²) < 4.78 is 0. The topological polar surface area (TPSA) is 53.1 Å². The maximum atomic E-state index is 5.65. The van der Waals surface area contributed by atoms with E-state index in [0.717, 1.165) is 37.6 Å². The number of nitrogens with one attached hydrogen (secondary N) is 2. The molecule has 5 rings (SSSR count). The van der Waals surface area contributed by atoms with Crippen molar-refractivity contribution < 1.29 is 0 Å². The Morgan fingerprint density at radius 1 is 1.00 bits per heavy atom. The Bertz CT molecular complexity index is 1120. The van der Waals surface area contributed by atoms with Crippen LogP contribution in [0.5, 0.6) is 0 Å². The third kappa shape index (κ3) is 4.86. The number of anilines is 2. The summed E-state index contributed by atoms with van der Waals surface area (Å²) in [5.74, 6) is 1.50. The van der Waals surface area contributed by atoms with Gasteiger partial charge in [-0.2, -0.15) is 4.98 Å². The molecule has 3 aromatic rings. The number of benzene rings is 2. The van der Waals surface area contributed by atoms with Crippen molar-refractivity contribution in [1.29, 1.82) is 0 Å². The van der Waals surface area contributed by atoms with E-state index >= 15 is 0 Å². The van der Waals surface area contributed by atoms with Gasteiger partial charge in [-0.25, -0.2) is 4.98 Å². The summed E-state index contributed by atoms with van der Waals surface area (Å²) in [6.07, 6.45) is 5.94. The van der Waals surface area contributed by atoms with Crippen LogP contribution in [0, 0.1) is 6.92 Å². The summed E-state index contributed by atoms with van der Waals surface area (Å²) >= 11 is 5.65. The zero-order valence-electron chi connectivity index (χ0n) is 19.2. The van der Waals surface area contributed by atoms with Crippen molar-refractivity contribution in [3.05, 3.63) is 83.0 Å². The first kappa shape index (κ1) is 21.8. The summed E-state index contributed by atoms with van der Waals surface area (Å²) in [5.41, 5.74) is 5.28. The predicted molar refractivity (Wildman–Crippen MR) is 139 cm³/mol. The molecule has 33 heavy (non-hydrogen) atoms. The van der Waals surface area contributed by atoms with E-state index in [9.17, 15) is 0 Å². The summed E-state index contributed by atoms with van der Waals surface area (Å²) in [6.45, 7) is 4.65. The van der Waals surface area contributed by atoms with Gasteiger partial charge < -0.3 is 15.5 Å². The van der Waals surface area contributed by atoms with Crippen LogP contribution in [-0.4, -0.2) is 28.2 Å². The van der Waals surface area contributed by atoms with Crippen LogP contribution in [0.4, 0.5) is 11.8 Å². The van der Waals surface area contributed by atoms with Crippen LogP contribution in [0.25, 0.3) is 0 Å². The van der Waals surface area contributed by atoms with Gasteiger partial charge in [0.05, 0.1) is 0 Å². The lowest BCUT2D eigenvalue weighted by molar-refractivity contribution is 0.435. The van der Waals surface area contributed by atoms with Crippen molar-refractivity contribution in [1.82, 2.24) is 15.3 Å². The summed E-state index contributed by atoms with van der Waals surface area (Å²) in [4.78, 5) is 11.7. The highest BCUT2D eigenvalue weighted by molar-refractivity contribution is 7.80. The number of aromatic nitrogens is 2. The van der Waals surface area contributed by atoms with Gasteiger partial charge in [-0.05, 0) is 55.1 Å². The average molecular weight is 458 g/mol. The quantitative estimate of drug-likeness (QED) is 0.517. The van der Waals surface area contributed by atoms with E-state index in [4.69, 9.17) is 17.2 Å². The van der Waals surface area contributed by atoms with Crippen molar-refractivity contribution in [3.63, 3.8) is 0 Å². The number of hydrogen-bond donors (Lipinski definition) is 2. The fourth-order valence-corrected chi connectivity index (χ4v) is 5.43. The Morgan fingerprint density at radius 3 is 2.52 bits per heavy atom. The van der Waals surface area contributed by atoms with E-state index in [1.54, 1.807) is 0 Å². The van der Waals surface area contributed by atoms with Crippen molar-refractivity contribution in [3.8, 4) is 0 Å². The molecule has 0 radical (unpaired) electrons. The zero-order valence-corrected chi connectivity index (χ0v) is 20.0. The van der Waals surface area contributed by atoms with Crippen molar-refractivity contribution in [2.75, 3.05) is 23.3 Å². The van der Waals surface area contributed by atoms with Gasteiger partial charge in [-0.1, -0.05) is 67.4 Å². The van der Waals surface area contributed by atoms with Crippen molar-refractivity contribution >= 4 is 29.1 Å². The molecule has 1 aliphatic heterocycles. The monoisotopic (exact) mass is 457 g/mol. The summed E-state index contributed by atoms with van der Waals surface area (Å²) in [5, 5.41) is 7.30. The molecule has 1 fully saturated rings. The van der Waals surface area contributed by atoms with Gasteiger partial charge in [0.15, 0.2) is 5.11 Å². The molecule has 2 N–H and O–H groups in total. The first-order valence-corrected chi connectivity index (χ1v) is 12.3. The normalized spacial score (nSPS) is 16.8. The van der Waals surface area contributed by atoms with Gasteiger partial charge in [-0.15, -0.1) is 0 Å². The molecule has 5 nitrogen and oxygen atoms in total. The number of fused-ring (bicyclic) bond motifs is 1. The molecular weight excluding hydrogens is 426 g/mol. The fourth-order valence-electron chi connectivity index (χ4n) is 5.27. The molecule has 1 aromatic heterocycles. The van der Waals surface area contributed by atoms with Crippen LogP contribution in [0.1, 0.15) is 48.1 Å². The third-order valence-electron chi connectivity index (χ3n) is 7.05. The number of hydrogen-bond acceptors (Lipinski definition) is 4. The predicted octanol–water partition coefficient (Wildman–Crippen LogP) is 5.15. The Labute approximate surface area is 201 Å². The molecule has 0 amide bonds. The van der Waals surface area contributed by atoms with Crippen LogP contribution in [0.2, 0.25) is 0 Å². The van der Waals surface area contributed by atoms with E-state index in [1.165, 1.54) is 42.4 Å². The minimum Gasteiger partial charge on any atom is -0.361 e. The minimum atomic E-state index is 0.146. The maximum absolute atomic E-state index is 5.65. The first-order chi connectivity index (χ1) is 16.1. The second kappa shape index (κ2) is 9.48. The molecule has 170 valence electrons. The van der Waals surface area contributed by atoms with Gasteiger partial charge in [0, 0.05) is 36.8 Å².